The number of benzene rings is 3. The molecule has 0 radical (unpaired) electrons. The minimum atomic E-state index is -2.85. The largest absolute Gasteiger partial charge is 0.492 e. The van der Waals surface area contributed by atoms with E-state index in [0.717, 1.165) is 34.4 Å². The van der Waals surface area contributed by atoms with E-state index in [1.807, 2.05) is 37.3 Å². The van der Waals surface area contributed by atoms with Crippen molar-refractivity contribution in [2.45, 2.75) is 32.8 Å². The summed E-state index contributed by atoms with van der Waals surface area (Å²) < 4.78 is 49.6. The first kappa shape index (κ1) is 22.6. The van der Waals surface area contributed by atoms with Gasteiger partial charge in [-0.3, -0.25) is 4.98 Å². The Morgan fingerprint density at radius 1 is 0.879 bits per heavy atom. The maximum absolute atomic E-state index is 15.1. The van der Waals surface area contributed by atoms with Crippen molar-refractivity contribution in [3.05, 3.63) is 89.9 Å². The number of fused-ring (bicyclic) bond motifs is 1. The van der Waals surface area contributed by atoms with E-state index in [0.29, 0.717) is 30.4 Å². The van der Waals surface area contributed by atoms with Crippen molar-refractivity contribution in [3.8, 4) is 22.8 Å². The molecule has 0 fully saturated rings. The zero-order chi connectivity index (χ0) is 23.2. The van der Waals surface area contributed by atoms with Gasteiger partial charge < -0.3 is 9.47 Å². The molecule has 33 heavy (non-hydrogen) atoms. The highest BCUT2D eigenvalue weighted by atomic mass is 19.3. The molecule has 4 rings (SSSR count). The SMILES string of the molecule is CCCOc1ccc(-c2ccc3c(F)c(CCc4ccc(OC(F)F)cc4)ccc3c2)nc1. The number of ether oxygens (including phenoxy) is 2. The normalized spacial score (nSPS) is 11.2. The average Bonchev–Trinajstić information content (AvgIpc) is 2.83. The van der Waals surface area contributed by atoms with Gasteiger partial charge in [0.05, 0.1) is 18.5 Å². The molecule has 0 unspecified atom stereocenters. The number of aromatic nitrogens is 1. The van der Waals surface area contributed by atoms with Crippen LogP contribution in [0.3, 0.4) is 0 Å². The van der Waals surface area contributed by atoms with Gasteiger partial charge in [0, 0.05) is 10.9 Å². The molecule has 1 heterocycles. The van der Waals surface area contributed by atoms with Crippen LogP contribution in [0.25, 0.3) is 22.0 Å². The molecule has 0 aliphatic heterocycles. The van der Waals surface area contributed by atoms with E-state index in [-0.39, 0.29) is 11.6 Å². The first-order chi connectivity index (χ1) is 16.0. The number of rotatable bonds is 9. The molecule has 0 saturated heterocycles. The summed E-state index contributed by atoms with van der Waals surface area (Å²) in [5.74, 6) is 0.597. The zero-order valence-electron chi connectivity index (χ0n) is 18.2. The summed E-state index contributed by atoms with van der Waals surface area (Å²) in [5, 5.41) is 1.36. The predicted octanol–water partition coefficient (Wildman–Crippen LogP) is 7.22. The maximum atomic E-state index is 15.1. The van der Waals surface area contributed by atoms with Gasteiger partial charge in [0.1, 0.15) is 17.3 Å². The summed E-state index contributed by atoms with van der Waals surface area (Å²) in [7, 11) is 0. The predicted molar refractivity (Wildman–Crippen MR) is 123 cm³/mol. The summed E-state index contributed by atoms with van der Waals surface area (Å²) >= 11 is 0. The van der Waals surface area contributed by atoms with Crippen molar-refractivity contribution < 1.29 is 22.6 Å². The molecule has 4 aromatic rings. The smallest absolute Gasteiger partial charge is 0.387 e. The lowest BCUT2D eigenvalue weighted by molar-refractivity contribution is -0.0498. The molecule has 0 aliphatic carbocycles. The third-order valence-corrected chi connectivity index (χ3v) is 5.37. The number of hydrogen-bond acceptors (Lipinski definition) is 3. The van der Waals surface area contributed by atoms with Gasteiger partial charge in [0.2, 0.25) is 0 Å². The lowest BCUT2D eigenvalue weighted by Crippen LogP contribution is -2.02. The van der Waals surface area contributed by atoms with E-state index in [4.69, 9.17) is 4.74 Å². The van der Waals surface area contributed by atoms with Crippen molar-refractivity contribution in [2.75, 3.05) is 6.61 Å². The Labute approximate surface area is 190 Å². The van der Waals surface area contributed by atoms with Crippen LogP contribution < -0.4 is 9.47 Å². The first-order valence-corrected chi connectivity index (χ1v) is 10.9. The molecular formula is C27H24F3NO2. The van der Waals surface area contributed by atoms with Crippen LogP contribution in [0.15, 0.2) is 72.9 Å². The molecule has 0 saturated carbocycles. The van der Waals surface area contributed by atoms with Crippen molar-refractivity contribution in [2.24, 2.45) is 0 Å². The Hall–Kier alpha value is -3.54. The minimum Gasteiger partial charge on any atom is -0.492 e. The van der Waals surface area contributed by atoms with Gasteiger partial charge in [-0.15, -0.1) is 0 Å². The topological polar surface area (TPSA) is 31.4 Å². The first-order valence-electron chi connectivity index (χ1n) is 10.9. The number of alkyl halides is 2. The fourth-order valence-corrected chi connectivity index (χ4v) is 3.66. The van der Waals surface area contributed by atoms with E-state index >= 15 is 4.39 Å². The Balaban J connectivity index is 1.47. The molecule has 0 bridgehead atoms. The van der Waals surface area contributed by atoms with Crippen LogP contribution in [0.2, 0.25) is 0 Å². The van der Waals surface area contributed by atoms with E-state index in [2.05, 4.69) is 9.72 Å². The second-order valence-corrected chi connectivity index (χ2v) is 7.72. The van der Waals surface area contributed by atoms with E-state index in [1.165, 1.54) is 12.1 Å². The molecule has 6 heteroatoms. The summed E-state index contributed by atoms with van der Waals surface area (Å²) in [4.78, 5) is 4.46. The second kappa shape index (κ2) is 10.4. The summed E-state index contributed by atoms with van der Waals surface area (Å²) in [6, 6.07) is 19.5. The highest BCUT2D eigenvalue weighted by Gasteiger charge is 2.10. The lowest BCUT2D eigenvalue weighted by Gasteiger charge is -2.10. The van der Waals surface area contributed by atoms with Crippen LogP contribution in [0.5, 0.6) is 11.5 Å². The molecule has 170 valence electrons. The van der Waals surface area contributed by atoms with Crippen LogP contribution >= 0.6 is 0 Å². The highest BCUT2D eigenvalue weighted by molar-refractivity contribution is 5.88. The molecule has 0 atom stereocenters. The van der Waals surface area contributed by atoms with Gasteiger partial charge in [-0.25, -0.2) is 4.39 Å². The Kier molecular flexibility index (Phi) is 7.13. The molecular weight excluding hydrogens is 427 g/mol. The van der Waals surface area contributed by atoms with Gasteiger partial charge in [0.15, 0.2) is 0 Å². The van der Waals surface area contributed by atoms with Crippen molar-refractivity contribution >= 4 is 10.8 Å². The van der Waals surface area contributed by atoms with Crippen LogP contribution in [-0.2, 0) is 12.8 Å². The third kappa shape index (κ3) is 5.64. The molecule has 1 aromatic heterocycles. The van der Waals surface area contributed by atoms with Crippen LogP contribution in [0.4, 0.5) is 13.2 Å². The maximum Gasteiger partial charge on any atom is 0.387 e. The monoisotopic (exact) mass is 451 g/mol. The molecule has 0 aliphatic rings. The van der Waals surface area contributed by atoms with Crippen molar-refractivity contribution in [3.63, 3.8) is 0 Å². The molecule has 0 N–H and O–H groups in total. The van der Waals surface area contributed by atoms with Crippen LogP contribution in [-0.4, -0.2) is 18.2 Å². The van der Waals surface area contributed by atoms with Gasteiger partial charge in [-0.2, -0.15) is 8.78 Å². The number of aryl methyl sites for hydroxylation is 2. The third-order valence-electron chi connectivity index (χ3n) is 5.37. The van der Waals surface area contributed by atoms with Gasteiger partial charge >= 0.3 is 6.61 Å². The van der Waals surface area contributed by atoms with Gasteiger partial charge in [-0.1, -0.05) is 43.3 Å². The molecule has 3 aromatic carbocycles. The van der Waals surface area contributed by atoms with Gasteiger partial charge in [0.25, 0.3) is 0 Å². The molecule has 0 spiro atoms. The number of nitrogens with zero attached hydrogens (tertiary/aromatic N) is 1. The van der Waals surface area contributed by atoms with E-state index < -0.39 is 6.61 Å². The van der Waals surface area contributed by atoms with Crippen LogP contribution in [0.1, 0.15) is 24.5 Å². The fraction of sp³-hybridized carbons (Fsp3) is 0.222. The zero-order valence-corrected chi connectivity index (χ0v) is 18.2. The van der Waals surface area contributed by atoms with Crippen molar-refractivity contribution in [1.82, 2.24) is 4.98 Å². The lowest BCUT2D eigenvalue weighted by atomic mass is 9.98. The number of pyridine rings is 1. The number of hydrogen-bond donors (Lipinski definition) is 0. The van der Waals surface area contributed by atoms with E-state index in [9.17, 15) is 8.78 Å². The second-order valence-electron chi connectivity index (χ2n) is 7.72. The molecule has 0 amide bonds. The summed E-state index contributed by atoms with van der Waals surface area (Å²) in [6.45, 7) is -0.151. The number of halogens is 3. The van der Waals surface area contributed by atoms with Gasteiger partial charge in [-0.05, 0) is 66.1 Å². The Morgan fingerprint density at radius 3 is 2.36 bits per heavy atom. The Morgan fingerprint density at radius 2 is 1.67 bits per heavy atom. The quantitative estimate of drug-likeness (QED) is 0.269. The van der Waals surface area contributed by atoms with E-state index in [1.54, 1.807) is 30.5 Å². The molecule has 3 nitrogen and oxygen atoms in total. The summed E-state index contributed by atoms with van der Waals surface area (Å²) in [6.07, 6.45) is 3.72. The van der Waals surface area contributed by atoms with Crippen molar-refractivity contribution in [1.29, 1.82) is 0 Å². The average molecular weight is 451 g/mol. The highest BCUT2D eigenvalue weighted by Crippen LogP contribution is 2.28. The Bertz CT molecular complexity index is 1210. The minimum absolute atomic E-state index is 0.110. The standard InChI is InChI=1S/C27H24F3NO2/c1-2-15-32-23-12-14-25(31-17-23)21-9-13-24-20(16-21)8-7-19(26(24)28)6-3-18-4-10-22(11-5-18)33-27(29)30/h4-5,7-14,16-17,27H,2-3,6,15H2,1H3. The summed E-state index contributed by atoms with van der Waals surface area (Å²) in [5.41, 5.74) is 3.23. The van der Waals surface area contributed by atoms with Crippen LogP contribution in [0, 0.1) is 5.82 Å². The fourth-order valence-electron chi connectivity index (χ4n) is 3.66.